The van der Waals surface area contributed by atoms with Gasteiger partial charge >= 0.3 is 0 Å². The Morgan fingerprint density at radius 3 is 3.00 bits per heavy atom. The second kappa shape index (κ2) is 3.31. The van der Waals surface area contributed by atoms with Gasteiger partial charge in [-0.2, -0.15) is 0 Å². The molecule has 0 bridgehead atoms. The summed E-state index contributed by atoms with van der Waals surface area (Å²) in [6.07, 6.45) is 0.942. The molecule has 0 saturated heterocycles. The number of benzene rings is 1. The number of halogens is 1. The lowest BCUT2D eigenvalue weighted by Crippen LogP contribution is -2.26. The van der Waals surface area contributed by atoms with E-state index in [-0.39, 0.29) is 0 Å². The van der Waals surface area contributed by atoms with Crippen LogP contribution in [0, 0.1) is 0 Å². The number of rotatable bonds is 0. The molecule has 0 saturated carbocycles. The van der Waals surface area contributed by atoms with Crippen LogP contribution in [0.4, 0.5) is 0 Å². The molecule has 2 rings (SSSR count). The zero-order valence-corrected chi connectivity index (χ0v) is 9.13. The smallest absolute Gasteiger partial charge is 0.133 e. The van der Waals surface area contributed by atoms with Crippen molar-refractivity contribution in [3.8, 4) is 5.75 Å². The van der Waals surface area contributed by atoms with Crippen molar-refractivity contribution >= 4 is 15.9 Å². The van der Waals surface area contributed by atoms with E-state index in [0.717, 1.165) is 29.5 Å². The van der Waals surface area contributed by atoms with Gasteiger partial charge in [-0.25, -0.2) is 0 Å². The zero-order valence-electron chi connectivity index (χ0n) is 7.55. The highest BCUT2D eigenvalue weighted by Gasteiger charge is 2.17. The first kappa shape index (κ1) is 9.03. The van der Waals surface area contributed by atoms with Gasteiger partial charge in [0.1, 0.15) is 5.75 Å². The van der Waals surface area contributed by atoms with Crippen LogP contribution < -0.4 is 0 Å². The molecule has 0 fully saturated rings. The Labute approximate surface area is 86.3 Å². The van der Waals surface area contributed by atoms with Crippen LogP contribution in [0.1, 0.15) is 11.1 Å². The van der Waals surface area contributed by atoms with E-state index in [1.54, 1.807) is 0 Å². The molecule has 0 atom stereocenters. The first-order chi connectivity index (χ1) is 6.18. The Morgan fingerprint density at radius 1 is 1.46 bits per heavy atom. The molecule has 2 nitrogen and oxygen atoms in total. The van der Waals surface area contributed by atoms with Crippen LogP contribution in [-0.4, -0.2) is 23.6 Å². The highest BCUT2D eigenvalue weighted by molar-refractivity contribution is 9.10. The van der Waals surface area contributed by atoms with Crippen molar-refractivity contribution in [2.45, 2.75) is 13.0 Å². The van der Waals surface area contributed by atoms with Gasteiger partial charge < -0.3 is 10.0 Å². The lowest BCUT2D eigenvalue weighted by molar-refractivity contribution is 0.308. The van der Waals surface area contributed by atoms with E-state index in [9.17, 15) is 5.11 Å². The van der Waals surface area contributed by atoms with Crippen molar-refractivity contribution in [1.82, 2.24) is 4.90 Å². The first-order valence-corrected chi connectivity index (χ1v) is 5.15. The fourth-order valence-electron chi connectivity index (χ4n) is 1.75. The van der Waals surface area contributed by atoms with Crippen molar-refractivity contribution in [3.63, 3.8) is 0 Å². The van der Waals surface area contributed by atoms with Crippen LogP contribution in [-0.2, 0) is 13.0 Å². The molecule has 0 amide bonds. The third kappa shape index (κ3) is 1.58. The molecule has 1 aliphatic heterocycles. The fourth-order valence-corrected chi connectivity index (χ4v) is 2.12. The van der Waals surface area contributed by atoms with Crippen LogP contribution in [0.2, 0.25) is 0 Å². The SMILES string of the molecule is CN1CCc2c(ccc(Br)c2O)C1. The number of aromatic hydroxyl groups is 1. The second-order valence-corrected chi connectivity index (χ2v) is 4.38. The highest BCUT2D eigenvalue weighted by Crippen LogP contribution is 2.33. The fraction of sp³-hybridized carbons (Fsp3) is 0.400. The molecule has 1 heterocycles. The lowest BCUT2D eigenvalue weighted by atomic mass is 9.99. The summed E-state index contributed by atoms with van der Waals surface area (Å²) in [4.78, 5) is 2.26. The summed E-state index contributed by atoms with van der Waals surface area (Å²) < 4.78 is 0.802. The lowest BCUT2D eigenvalue weighted by Gasteiger charge is -2.25. The van der Waals surface area contributed by atoms with Crippen molar-refractivity contribution in [3.05, 3.63) is 27.7 Å². The minimum atomic E-state index is 0.422. The molecule has 0 unspecified atom stereocenters. The van der Waals surface area contributed by atoms with Crippen molar-refractivity contribution in [2.24, 2.45) is 0 Å². The number of phenolic OH excluding ortho intramolecular Hbond substituents is 1. The van der Waals surface area contributed by atoms with E-state index in [0.29, 0.717) is 5.75 Å². The maximum atomic E-state index is 9.76. The molecular weight excluding hydrogens is 230 g/mol. The summed E-state index contributed by atoms with van der Waals surface area (Å²) in [5.41, 5.74) is 2.35. The van der Waals surface area contributed by atoms with Gasteiger partial charge in [-0.05, 0) is 41.0 Å². The minimum absolute atomic E-state index is 0.422. The molecule has 70 valence electrons. The normalized spacial score (nSPS) is 17.1. The number of fused-ring (bicyclic) bond motifs is 1. The van der Waals surface area contributed by atoms with Gasteiger partial charge in [0.25, 0.3) is 0 Å². The Bertz CT molecular complexity index is 338. The predicted octanol–water partition coefficient (Wildman–Crippen LogP) is 2.14. The van der Waals surface area contributed by atoms with E-state index >= 15 is 0 Å². The molecule has 3 heteroatoms. The summed E-state index contributed by atoms with van der Waals surface area (Å²) in [6.45, 7) is 1.97. The molecule has 1 aromatic carbocycles. The van der Waals surface area contributed by atoms with Crippen LogP contribution in [0.3, 0.4) is 0 Å². The molecule has 1 aliphatic rings. The largest absolute Gasteiger partial charge is 0.506 e. The van der Waals surface area contributed by atoms with Gasteiger partial charge in [0, 0.05) is 18.7 Å². The summed E-state index contributed by atoms with van der Waals surface area (Å²) in [7, 11) is 2.10. The van der Waals surface area contributed by atoms with E-state index in [1.165, 1.54) is 5.56 Å². The number of hydrogen-bond donors (Lipinski definition) is 1. The third-order valence-corrected chi connectivity index (χ3v) is 3.15. The standard InChI is InChI=1S/C10H12BrNO/c1-12-5-4-8-7(6-12)2-3-9(11)10(8)13/h2-3,13H,4-6H2,1H3. The van der Waals surface area contributed by atoms with E-state index in [4.69, 9.17) is 0 Å². The van der Waals surface area contributed by atoms with Crippen molar-refractivity contribution in [1.29, 1.82) is 0 Å². The Kier molecular flexibility index (Phi) is 2.30. The van der Waals surface area contributed by atoms with Gasteiger partial charge in [0.15, 0.2) is 0 Å². The zero-order chi connectivity index (χ0) is 9.42. The summed E-state index contributed by atoms with van der Waals surface area (Å²) >= 11 is 3.33. The van der Waals surface area contributed by atoms with E-state index in [1.807, 2.05) is 6.07 Å². The molecule has 0 spiro atoms. The average molecular weight is 242 g/mol. The van der Waals surface area contributed by atoms with Gasteiger partial charge in [0.05, 0.1) is 4.47 Å². The minimum Gasteiger partial charge on any atom is -0.506 e. The Balaban J connectivity index is 2.47. The maximum absolute atomic E-state index is 9.76. The van der Waals surface area contributed by atoms with Crippen LogP contribution in [0.15, 0.2) is 16.6 Å². The van der Waals surface area contributed by atoms with Gasteiger partial charge in [-0.3, -0.25) is 0 Å². The van der Waals surface area contributed by atoms with Crippen molar-refractivity contribution in [2.75, 3.05) is 13.6 Å². The summed E-state index contributed by atoms with van der Waals surface area (Å²) in [5.74, 6) is 0.422. The second-order valence-electron chi connectivity index (χ2n) is 3.52. The Morgan fingerprint density at radius 2 is 2.23 bits per heavy atom. The molecule has 0 aliphatic carbocycles. The topological polar surface area (TPSA) is 23.5 Å². The quantitative estimate of drug-likeness (QED) is 0.753. The maximum Gasteiger partial charge on any atom is 0.133 e. The molecule has 0 radical (unpaired) electrons. The molecule has 1 N–H and O–H groups in total. The Hall–Kier alpha value is -0.540. The molecule has 1 aromatic rings. The van der Waals surface area contributed by atoms with Gasteiger partial charge in [0.2, 0.25) is 0 Å². The summed E-state index contributed by atoms with van der Waals surface area (Å²) in [5, 5.41) is 9.76. The molecule has 0 aromatic heterocycles. The number of nitrogens with zero attached hydrogens (tertiary/aromatic N) is 1. The van der Waals surface area contributed by atoms with Crippen LogP contribution in [0.5, 0.6) is 5.75 Å². The van der Waals surface area contributed by atoms with E-state index in [2.05, 4.69) is 33.9 Å². The molecular formula is C10H12BrNO. The van der Waals surface area contributed by atoms with Gasteiger partial charge in [-0.1, -0.05) is 6.07 Å². The summed E-state index contributed by atoms with van der Waals surface area (Å²) in [6, 6.07) is 3.99. The number of hydrogen-bond acceptors (Lipinski definition) is 2. The predicted molar refractivity (Wildman–Crippen MR) is 55.8 cm³/mol. The third-order valence-electron chi connectivity index (χ3n) is 2.51. The average Bonchev–Trinajstić information content (AvgIpc) is 2.12. The first-order valence-electron chi connectivity index (χ1n) is 4.36. The number of phenols is 1. The van der Waals surface area contributed by atoms with Crippen molar-refractivity contribution < 1.29 is 5.11 Å². The highest BCUT2D eigenvalue weighted by atomic mass is 79.9. The van der Waals surface area contributed by atoms with Crippen LogP contribution in [0.25, 0.3) is 0 Å². The monoisotopic (exact) mass is 241 g/mol. The number of likely N-dealkylation sites (N-methyl/N-ethyl adjacent to an activating group) is 1. The van der Waals surface area contributed by atoms with Crippen LogP contribution >= 0.6 is 15.9 Å². The van der Waals surface area contributed by atoms with E-state index < -0.39 is 0 Å². The molecule has 13 heavy (non-hydrogen) atoms. The van der Waals surface area contributed by atoms with Gasteiger partial charge in [-0.15, -0.1) is 0 Å².